The molecular weight excluding hydrogens is 472 g/mol. The summed E-state index contributed by atoms with van der Waals surface area (Å²) in [7, 11) is 1.62. The van der Waals surface area contributed by atoms with Crippen molar-refractivity contribution >= 4 is 23.2 Å². The Kier molecular flexibility index (Phi) is 7.28. The SMILES string of the molecule is COc1ccccc1OC[C@H]1c2ccsc2CCN1C(=O)CN(CC1CC1)C(=O)c1ccc(C)cc1. The van der Waals surface area contributed by atoms with E-state index in [9.17, 15) is 9.59 Å². The van der Waals surface area contributed by atoms with Gasteiger partial charge in [0.2, 0.25) is 5.91 Å². The van der Waals surface area contributed by atoms with Crippen LogP contribution in [0.25, 0.3) is 0 Å². The lowest BCUT2D eigenvalue weighted by Gasteiger charge is -2.37. The summed E-state index contributed by atoms with van der Waals surface area (Å²) in [5.74, 6) is 1.68. The van der Waals surface area contributed by atoms with Gasteiger partial charge in [-0.05, 0) is 73.4 Å². The number of benzene rings is 2. The molecular formula is C29H32N2O4S. The summed E-state index contributed by atoms with van der Waals surface area (Å²) in [4.78, 5) is 32.0. The highest BCUT2D eigenvalue weighted by molar-refractivity contribution is 7.10. The Bertz CT molecular complexity index is 1220. The minimum atomic E-state index is -0.213. The van der Waals surface area contributed by atoms with E-state index in [0.717, 1.165) is 30.4 Å². The third kappa shape index (κ3) is 5.41. The second-order valence-electron chi connectivity index (χ2n) is 9.61. The molecule has 188 valence electrons. The molecule has 0 spiro atoms. The highest BCUT2D eigenvalue weighted by Crippen LogP contribution is 2.36. The molecule has 2 aliphatic rings. The molecule has 1 fully saturated rings. The highest BCUT2D eigenvalue weighted by Gasteiger charge is 2.35. The fraction of sp³-hybridized carbons (Fsp3) is 0.379. The monoisotopic (exact) mass is 504 g/mol. The predicted octanol–water partition coefficient (Wildman–Crippen LogP) is 5.12. The number of nitrogens with zero attached hydrogens (tertiary/aromatic N) is 2. The number of aryl methyl sites for hydroxylation is 1. The maximum Gasteiger partial charge on any atom is 0.254 e. The normalized spacial score (nSPS) is 16.8. The molecule has 1 aromatic heterocycles. The molecule has 1 atom stereocenters. The Labute approximate surface area is 216 Å². The molecule has 2 aromatic carbocycles. The van der Waals surface area contributed by atoms with Crippen LogP contribution in [0.2, 0.25) is 0 Å². The summed E-state index contributed by atoms with van der Waals surface area (Å²) in [5, 5.41) is 2.08. The summed E-state index contributed by atoms with van der Waals surface area (Å²) in [6, 6.07) is 17.0. The van der Waals surface area contributed by atoms with Crippen LogP contribution >= 0.6 is 11.3 Å². The van der Waals surface area contributed by atoms with Gasteiger partial charge in [0.1, 0.15) is 13.2 Å². The molecule has 6 nitrogen and oxygen atoms in total. The van der Waals surface area contributed by atoms with Gasteiger partial charge in [-0.15, -0.1) is 11.3 Å². The number of hydrogen-bond donors (Lipinski definition) is 0. The van der Waals surface area contributed by atoms with Crippen molar-refractivity contribution in [3.05, 3.63) is 81.5 Å². The number of methoxy groups -OCH3 is 1. The van der Waals surface area contributed by atoms with Crippen molar-refractivity contribution in [2.45, 2.75) is 32.2 Å². The molecule has 0 saturated heterocycles. The first-order valence-corrected chi connectivity index (χ1v) is 13.4. The van der Waals surface area contributed by atoms with Gasteiger partial charge in [0, 0.05) is 23.5 Å². The van der Waals surface area contributed by atoms with Gasteiger partial charge >= 0.3 is 0 Å². The van der Waals surface area contributed by atoms with Crippen molar-refractivity contribution in [1.82, 2.24) is 9.80 Å². The van der Waals surface area contributed by atoms with Crippen molar-refractivity contribution in [1.29, 1.82) is 0 Å². The number of fused-ring (bicyclic) bond motifs is 1. The van der Waals surface area contributed by atoms with Crippen LogP contribution in [0.3, 0.4) is 0 Å². The van der Waals surface area contributed by atoms with Crippen LogP contribution in [0.4, 0.5) is 0 Å². The fourth-order valence-electron chi connectivity index (χ4n) is 4.75. The zero-order chi connectivity index (χ0) is 25.1. The van der Waals surface area contributed by atoms with E-state index in [1.807, 2.05) is 60.4 Å². The van der Waals surface area contributed by atoms with E-state index in [4.69, 9.17) is 9.47 Å². The summed E-state index contributed by atoms with van der Waals surface area (Å²) in [6.45, 7) is 3.64. The van der Waals surface area contributed by atoms with Gasteiger partial charge in [-0.25, -0.2) is 0 Å². The Morgan fingerprint density at radius 1 is 1.06 bits per heavy atom. The highest BCUT2D eigenvalue weighted by atomic mass is 32.1. The van der Waals surface area contributed by atoms with Gasteiger partial charge in [0.15, 0.2) is 11.5 Å². The molecule has 36 heavy (non-hydrogen) atoms. The number of hydrogen-bond acceptors (Lipinski definition) is 5. The topological polar surface area (TPSA) is 59.1 Å². The molecule has 2 amide bonds. The maximum atomic E-state index is 13.7. The molecule has 3 aromatic rings. The fourth-order valence-corrected chi connectivity index (χ4v) is 5.67. The van der Waals surface area contributed by atoms with E-state index in [1.165, 1.54) is 4.88 Å². The number of amides is 2. The van der Waals surface area contributed by atoms with E-state index < -0.39 is 0 Å². The lowest BCUT2D eigenvalue weighted by Crippen LogP contribution is -2.48. The molecule has 0 unspecified atom stereocenters. The van der Waals surface area contributed by atoms with E-state index >= 15 is 0 Å². The molecule has 1 aliphatic heterocycles. The number of rotatable bonds is 9. The van der Waals surface area contributed by atoms with Gasteiger partial charge in [0.05, 0.1) is 13.2 Å². The first-order chi connectivity index (χ1) is 17.5. The van der Waals surface area contributed by atoms with Gasteiger partial charge in [-0.3, -0.25) is 9.59 Å². The quantitative estimate of drug-likeness (QED) is 0.406. The second-order valence-corrected chi connectivity index (χ2v) is 10.6. The van der Waals surface area contributed by atoms with E-state index in [2.05, 4.69) is 11.4 Å². The minimum absolute atomic E-state index is 0.0402. The standard InChI is InChI=1S/C29H32N2O4S/c1-20-7-11-22(12-8-20)29(33)30(17-21-9-10-21)18-28(32)31-15-13-27-23(14-16-36-27)24(31)19-35-26-6-4-3-5-25(26)34-2/h3-8,11-12,14,16,21,24H,9-10,13,15,17-19H2,1-2H3/t24-/m0/s1. The van der Waals surface area contributed by atoms with Crippen molar-refractivity contribution in [3.63, 3.8) is 0 Å². The molecule has 5 rings (SSSR count). The minimum Gasteiger partial charge on any atom is -0.493 e. The third-order valence-electron chi connectivity index (χ3n) is 6.97. The van der Waals surface area contributed by atoms with Crippen LogP contribution in [0.5, 0.6) is 11.5 Å². The van der Waals surface area contributed by atoms with Crippen molar-refractivity contribution < 1.29 is 19.1 Å². The van der Waals surface area contributed by atoms with E-state index in [-0.39, 0.29) is 24.4 Å². The average molecular weight is 505 g/mol. The lowest BCUT2D eigenvalue weighted by molar-refractivity contribution is -0.135. The number of carbonyl (C=O) groups excluding carboxylic acids is 2. The third-order valence-corrected chi connectivity index (χ3v) is 7.96. The number of carbonyl (C=O) groups is 2. The smallest absolute Gasteiger partial charge is 0.254 e. The zero-order valence-electron chi connectivity index (χ0n) is 20.8. The Hall–Kier alpha value is -3.32. The zero-order valence-corrected chi connectivity index (χ0v) is 21.6. The Morgan fingerprint density at radius 3 is 2.53 bits per heavy atom. The van der Waals surface area contributed by atoms with Crippen LogP contribution < -0.4 is 9.47 Å². The van der Waals surface area contributed by atoms with Crippen LogP contribution in [0.15, 0.2) is 60.0 Å². The Balaban J connectivity index is 1.34. The lowest BCUT2D eigenvalue weighted by atomic mass is 10.00. The van der Waals surface area contributed by atoms with Crippen LogP contribution in [-0.4, -0.2) is 55.0 Å². The van der Waals surface area contributed by atoms with Crippen molar-refractivity contribution in [2.75, 3.05) is 33.4 Å². The molecule has 2 heterocycles. The second kappa shape index (κ2) is 10.7. The number of thiophene rings is 1. The van der Waals surface area contributed by atoms with Gasteiger partial charge in [-0.1, -0.05) is 29.8 Å². The summed E-state index contributed by atoms with van der Waals surface area (Å²) < 4.78 is 11.6. The molecule has 7 heteroatoms. The summed E-state index contributed by atoms with van der Waals surface area (Å²) >= 11 is 1.72. The molecule has 0 radical (unpaired) electrons. The van der Waals surface area contributed by atoms with Gasteiger partial charge in [-0.2, -0.15) is 0 Å². The summed E-state index contributed by atoms with van der Waals surface area (Å²) in [6.07, 6.45) is 3.05. The Morgan fingerprint density at radius 2 is 1.81 bits per heavy atom. The van der Waals surface area contributed by atoms with Crippen LogP contribution in [-0.2, 0) is 11.2 Å². The predicted molar refractivity (Wildman–Crippen MR) is 141 cm³/mol. The van der Waals surface area contributed by atoms with Gasteiger partial charge < -0.3 is 19.3 Å². The van der Waals surface area contributed by atoms with E-state index in [1.54, 1.807) is 23.3 Å². The molecule has 0 bridgehead atoms. The van der Waals surface area contributed by atoms with Gasteiger partial charge in [0.25, 0.3) is 5.91 Å². The van der Waals surface area contributed by atoms with Crippen LogP contribution in [0, 0.1) is 12.8 Å². The average Bonchev–Trinajstić information content (AvgIpc) is 3.59. The first kappa shape index (κ1) is 24.4. The molecule has 0 N–H and O–H groups in total. The largest absolute Gasteiger partial charge is 0.493 e. The van der Waals surface area contributed by atoms with Crippen molar-refractivity contribution in [2.24, 2.45) is 5.92 Å². The molecule has 1 saturated carbocycles. The number of para-hydroxylation sites is 2. The first-order valence-electron chi connectivity index (χ1n) is 12.5. The van der Waals surface area contributed by atoms with Crippen LogP contribution in [0.1, 0.15) is 45.2 Å². The molecule has 1 aliphatic carbocycles. The summed E-state index contributed by atoms with van der Waals surface area (Å²) in [5.41, 5.74) is 2.87. The maximum absolute atomic E-state index is 13.7. The van der Waals surface area contributed by atoms with E-state index in [0.29, 0.717) is 42.7 Å². The number of ether oxygens (including phenoxy) is 2. The van der Waals surface area contributed by atoms with Crippen molar-refractivity contribution in [3.8, 4) is 11.5 Å².